The Morgan fingerprint density at radius 3 is 2.58 bits per heavy atom. The summed E-state index contributed by atoms with van der Waals surface area (Å²) < 4.78 is 4.82. The van der Waals surface area contributed by atoms with E-state index in [4.69, 9.17) is 4.74 Å². The molecule has 1 aromatic carbocycles. The molecule has 0 bridgehead atoms. The van der Waals surface area contributed by atoms with Gasteiger partial charge in [0.05, 0.1) is 13.0 Å². The van der Waals surface area contributed by atoms with Gasteiger partial charge in [-0.15, -0.1) is 0 Å². The summed E-state index contributed by atoms with van der Waals surface area (Å²) in [6.45, 7) is 4.08. The number of nitrogens with zero attached hydrogens (tertiary/aromatic N) is 1. The van der Waals surface area contributed by atoms with E-state index in [0.717, 1.165) is 18.4 Å². The second kappa shape index (κ2) is 7.17. The van der Waals surface area contributed by atoms with E-state index in [1.54, 1.807) is 0 Å². The summed E-state index contributed by atoms with van der Waals surface area (Å²) in [6.07, 6.45) is 3.38. The smallest absolute Gasteiger partial charge is 0.312 e. The van der Waals surface area contributed by atoms with Gasteiger partial charge in [0, 0.05) is 19.8 Å². The van der Waals surface area contributed by atoms with Crippen molar-refractivity contribution in [1.82, 2.24) is 0 Å². The molecule has 3 nitrogen and oxygen atoms in total. The molecule has 0 saturated heterocycles. The summed E-state index contributed by atoms with van der Waals surface area (Å²) in [6, 6.07) is 6.26. The predicted molar refractivity (Wildman–Crippen MR) is 79.8 cm³/mol. The molecule has 0 saturated carbocycles. The first-order chi connectivity index (χ1) is 9.01. The Morgan fingerprint density at radius 2 is 2.05 bits per heavy atom. The van der Waals surface area contributed by atoms with Crippen LogP contribution in [0.2, 0.25) is 0 Å². The number of carbonyl (C=O) groups is 1. The standard InChI is InChI=1S/C16H25NO2/c1-6-7-8-14-11-13(12(2)16(18)19-5)9-10-15(14)17(3)4/h9-12H,6-8H2,1-5H3. The molecule has 3 heteroatoms. The fourth-order valence-corrected chi connectivity index (χ4v) is 2.19. The fraction of sp³-hybridized carbons (Fsp3) is 0.562. The topological polar surface area (TPSA) is 29.5 Å². The highest BCUT2D eigenvalue weighted by Crippen LogP contribution is 2.26. The highest BCUT2D eigenvalue weighted by atomic mass is 16.5. The number of methoxy groups -OCH3 is 1. The van der Waals surface area contributed by atoms with Crippen LogP contribution in [-0.2, 0) is 16.0 Å². The quantitative estimate of drug-likeness (QED) is 0.737. The van der Waals surface area contributed by atoms with E-state index in [-0.39, 0.29) is 11.9 Å². The van der Waals surface area contributed by atoms with Gasteiger partial charge in [0.2, 0.25) is 0 Å². The molecule has 0 aliphatic rings. The molecule has 0 spiro atoms. The zero-order valence-electron chi connectivity index (χ0n) is 12.7. The number of unbranched alkanes of at least 4 members (excludes halogenated alkanes) is 1. The highest BCUT2D eigenvalue weighted by molar-refractivity contribution is 5.78. The van der Waals surface area contributed by atoms with Crippen molar-refractivity contribution in [3.05, 3.63) is 29.3 Å². The molecule has 1 unspecified atom stereocenters. The molecular formula is C16H25NO2. The molecule has 0 aromatic heterocycles. The lowest BCUT2D eigenvalue weighted by Gasteiger charge is -2.20. The first kappa shape index (κ1) is 15.5. The number of rotatable bonds is 6. The van der Waals surface area contributed by atoms with E-state index < -0.39 is 0 Å². The van der Waals surface area contributed by atoms with Crippen LogP contribution in [-0.4, -0.2) is 27.2 Å². The maximum Gasteiger partial charge on any atom is 0.312 e. The molecule has 0 N–H and O–H groups in total. The third kappa shape index (κ3) is 3.98. The van der Waals surface area contributed by atoms with Crippen molar-refractivity contribution in [3.63, 3.8) is 0 Å². The number of carbonyl (C=O) groups excluding carboxylic acids is 1. The molecule has 1 rings (SSSR count). The Morgan fingerprint density at radius 1 is 1.37 bits per heavy atom. The van der Waals surface area contributed by atoms with Crippen LogP contribution in [0, 0.1) is 0 Å². The predicted octanol–water partition coefficient (Wildman–Crippen LogP) is 3.37. The number of esters is 1. The van der Waals surface area contributed by atoms with Gasteiger partial charge in [0.15, 0.2) is 0 Å². The Kier molecular flexibility index (Phi) is 5.87. The maximum absolute atomic E-state index is 11.6. The largest absolute Gasteiger partial charge is 0.469 e. The third-order valence-corrected chi connectivity index (χ3v) is 3.44. The number of hydrogen-bond acceptors (Lipinski definition) is 3. The summed E-state index contributed by atoms with van der Waals surface area (Å²) in [5.41, 5.74) is 3.57. The van der Waals surface area contributed by atoms with Gasteiger partial charge < -0.3 is 9.64 Å². The highest BCUT2D eigenvalue weighted by Gasteiger charge is 2.17. The Hall–Kier alpha value is -1.51. The molecular weight excluding hydrogens is 238 g/mol. The third-order valence-electron chi connectivity index (χ3n) is 3.44. The fourth-order valence-electron chi connectivity index (χ4n) is 2.19. The number of benzene rings is 1. The average molecular weight is 263 g/mol. The number of hydrogen-bond donors (Lipinski definition) is 0. The molecule has 106 valence electrons. The van der Waals surface area contributed by atoms with Crippen LogP contribution in [0.4, 0.5) is 5.69 Å². The van der Waals surface area contributed by atoms with Crippen molar-refractivity contribution < 1.29 is 9.53 Å². The lowest BCUT2D eigenvalue weighted by Crippen LogP contribution is -2.14. The lowest BCUT2D eigenvalue weighted by molar-refractivity contribution is -0.141. The van der Waals surface area contributed by atoms with Gasteiger partial charge in [-0.05, 0) is 37.0 Å². The van der Waals surface area contributed by atoms with E-state index in [2.05, 4.69) is 24.0 Å². The monoisotopic (exact) mass is 263 g/mol. The van der Waals surface area contributed by atoms with Crippen LogP contribution in [0.25, 0.3) is 0 Å². The molecule has 0 heterocycles. The summed E-state index contributed by atoms with van der Waals surface area (Å²) >= 11 is 0. The van der Waals surface area contributed by atoms with Gasteiger partial charge in [0.25, 0.3) is 0 Å². The van der Waals surface area contributed by atoms with Crippen LogP contribution in [0.15, 0.2) is 18.2 Å². The summed E-state index contributed by atoms with van der Waals surface area (Å²) in [7, 11) is 5.54. The molecule has 0 amide bonds. The van der Waals surface area contributed by atoms with Crippen molar-refractivity contribution in [2.45, 2.75) is 39.0 Å². The normalized spacial score (nSPS) is 12.1. The minimum atomic E-state index is -0.207. The number of aryl methyl sites for hydroxylation is 1. The lowest BCUT2D eigenvalue weighted by atomic mass is 9.95. The maximum atomic E-state index is 11.6. The summed E-state index contributed by atoms with van der Waals surface area (Å²) in [5, 5.41) is 0. The minimum absolute atomic E-state index is 0.181. The Labute approximate surface area is 116 Å². The Balaban J connectivity index is 3.06. The molecule has 19 heavy (non-hydrogen) atoms. The second-order valence-corrected chi connectivity index (χ2v) is 5.13. The molecule has 0 aliphatic heterocycles. The van der Waals surface area contributed by atoms with Gasteiger partial charge in [-0.1, -0.05) is 25.5 Å². The zero-order chi connectivity index (χ0) is 14.4. The van der Waals surface area contributed by atoms with Gasteiger partial charge in [-0.2, -0.15) is 0 Å². The van der Waals surface area contributed by atoms with Crippen LogP contribution in [0.5, 0.6) is 0 Å². The van der Waals surface area contributed by atoms with Gasteiger partial charge in [-0.3, -0.25) is 4.79 Å². The van der Waals surface area contributed by atoms with E-state index in [9.17, 15) is 4.79 Å². The van der Waals surface area contributed by atoms with Gasteiger partial charge >= 0.3 is 5.97 Å². The minimum Gasteiger partial charge on any atom is -0.469 e. The second-order valence-electron chi connectivity index (χ2n) is 5.13. The zero-order valence-corrected chi connectivity index (χ0v) is 12.7. The van der Waals surface area contributed by atoms with Crippen LogP contribution >= 0.6 is 0 Å². The van der Waals surface area contributed by atoms with Crippen molar-refractivity contribution in [3.8, 4) is 0 Å². The van der Waals surface area contributed by atoms with Crippen LogP contribution in [0.3, 0.4) is 0 Å². The summed E-state index contributed by atoms with van der Waals surface area (Å²) in [5.74, 6) is -0.388. The van der Waals surface area contributed by atoms with E-state index >= 15 is 0 Å². The van der Waals surface area contributed by atoms with Crippen molar-refractivity contribution in [2.75, 3.05) is 26.1 Å². The van der Waals surface area contributed by atoms with Gasteiger partial charge in [0.1, 0.15) is 0 Å². The van der Waals surface area contributed by atoms with Crippen molar-refractivity contribution in [1.29, 1.82) is 0 Å². The molecule has 1 aromatic rings. The number of anilines is 1. The van der Waals surface area contributed by atoms with Crippen LogP contribution < -0.4 is 4.90 Å². The van der Waals surface area contributed by atoms with Crippen LogP contribution in [0.1, 0.15) is 43.7 Å². The van der Waals surface area contributed by atoms with Crippen molar-refractivity contribution in [2.24, 2.45) is 0 Å². The first-order valence-electron chi connectivity index (χ1n) is 6.89. The van der Waals surface area contributed by atoms with Gasteiger partial charge in [-0.25, -0.2) is 0 Å². The van der Waals surface area contributed by atoms with E-state index in [0.29, 0.717) is 0 Å². The summed E-state index contributed by atoms with van der Waals surface area (Å²) in [4.78, 5) is 13.7. The SMILES string of the molecule is CCCCc1cc(C(C)C(=O)OC)ccc1N(C)C. The molecule has 0 aliphatic carbocycles. The van der Waals surface area contributed by atoms with Crippen molar-refractivity contribution >= 4 is 11.7 Å². The Bertz CT molecular complexity index is 427. The first-order valence-corrected chi connectivity index (χ1v) is 6.89. The molecule has 1 atom stereocenters. The average Bonchev–Trinajstić information content (AvgIpc) is 2.42. The van der Waals surface area contributed by atoms with E-state index in [1.165, 1.54) is 24.8 Å². The molecule has 0 fully saturated rings. The van der Waals surface area contributed by atoms with E-state index in [1.807, 2.05) is 27.1 Å². The number of ether oxygens (including phenoxy) is 1. The molecule has 0 radical (unpaired) electrons.